The van der Waals surface area contributed by atoms with E-state index in [9.17, 15) is 23.1 Å². The summed E-state index contributed by atoms with van der Waals surface area (Å²) in [6, 6.07) is 6.98. The lowest BCUT2D eigenvalue weighted by Crippen LogP contribution is -2.48. The molecule has 0 bridgehead atoms. The van der Waals surface area contributed by atoms with Crippen LogP contribution in [0.5, 0.6) is 17.2 Å². The Morgan fingerprint density at radius 2 is 1.72 bits per heavy atom. The van der Waals surface area contributed by atoms with Crippen LogP contribution in [0.2, 0.25) is 10.0 Å². The molecule has 0 radical (unpaired) electrons. The fourth-order valence-corrected chi connectivity index (χ4v) is 3.12. The first kappa shape index (κ1) is 23.2. The van der Waals surface area contributed by atoms with Gasteiger partial charge in [-0.3, -0.25) is 0 Å². The number of ether oxygens (including phenoxy) is 2. The van der Waals surface area contributed by atoms with Crippen molar-refractivity contribution in [1.82, 2.24) is 0 Å². The normalized spacial score (nSPS) is 13.8. The maximum Gasteiger partial charge on any atom is 0.416 e. The number of aliphatic carboxylic acids is 1. The molecule has 0 aromatic heterocycles. The number of hydrogen-bond donors (Lipinski definition) is 1. The smallest absolute Gasteiger partial charge is 0.416 e. The molecular weight excluding hydrogens is 432 g/mol. The highest BCUT2D eigenvalue weighted by atomic mass is 35.5. The summed E-state index contributed by atoms with van der Waals surface area (Å²) in [5.74, 6) is -1.26. The molecule has 9 heteroatoms. The van der Waals surface area contributed by atoms with Crippen molar-refractivity contribution in [3.8, 4) is 17.2 Å². The van der Waals surface area contributed by atoms with E-state index in [0.29, 0.717) is 0 Å². The first-order chi connectivity index (χ1) is 13.4. The van der Waals surface area contributed by atoms with Gasteiger partial charge in [-0.15, -0.1) is 0 Å². The van der Waals surface area contributed by atoms with Gasteiger partial charge < -0.3 is 14.6 Å². The Labute approximate surface area is 176 Å². The predicted molar refractivity (Wildman–Crippen MR) is 104 cm³/mol. The molecule has 2 rings (SSSR count). The van der Waals surface area contributed by atoms with Gasteiger partial charge >= 0.3 is 12.1 Å². The second kappa shape index (κ2) is 8.71. The lowest BCUT2D eigenvalue weighted by atomic mass is 9.87. The van der Waals surface area contributed by atoms with Gasteiger partial charge in [0.2, 0.25) is 5.60 Å². The van der Waals surface area contributed by atoms with E-state index >= 15 is 0 Å². The van der Waals surface area contributed by atoms with E-state index in [1.807, 2.05) is 0 Å². The van der Waals surface area contributed by atoms with Gasteiger partial charge in [0.1, 0.15) is 17.2 Å². The van der Waals surface area contributed by atoms with Crippen molar-refractivity contribution in [2.45, 2.75) is 39.0 Å². The Hall–Kier alpha value is -2.12. The van der Waals surface area contributed by atoms with Crippen LogP contribution in [-0.4, -0.2) is 16.7 Å². The van der Waals surface area contributed by atoms with Crippen LogP contribution < -0.4 is 9.47 Å². The molecule has 1 atom stereocenters. The third-order valence-electron chi connectivity index (χ3n) is 4.50. The van der Waals surface area contributed by atoms with E-state index in [0.717, 1.165) is 18.2 Å². The lowest BCUT2D eigenvalue weighted by Gasteiger charge is -2.33. The maximum absolute atomic E-state index is 12.8. The zero-order chi connectivity index (χ0) is 22.0. The Balaban J connectivity index is 2.35. The van der Waals surface area contributed by atoms with Crippen LogP contribution in [0.3, 0.4) is 0 Å². The Morgan fingerprint density at radius 1 is 1.07 bits per heavy atom. The van der Waals surface area contributed by atoms with Gasteiger partial charge in [-0.05, 0) is 36.8 Å². The third kappa shape index (κ3) is 5.08. The van der Waals surface area contributed by atoms with E-state index in [1.165, 1.54) is 18.2 Å². The van der Waals surface area contributed by atoms with Crippen molar-refractivity contribution >= 4 is 29.2 Å². The summed E-state index contributed by atoms with van der Waals surface area (Å²) in [5.41, 5.74) is -2.41. The van der Waals surface area contributed by atoms with Crippen LogP contribution in [-0.2, 0) is 11.0 Å². The first-order valence-electron chi connectivity index (χ1n) is 8.67. The van der Waals surface area contributed by atoms with Crippen LogP contribution in [0.1, 0.15) is 32.8 Å². The summed E-state index contributed by atoms with van der Waals surface area (Å²) < 4.78 is 49.6. The van der Waals surface area contributed by atoms with Gasteiger partial charge in [-0.25, -0.2) is 4.79 Å². The molecule has 158 valence electrons. The van der Waals surface area contributed by atoms with Crippen LogP contribution >= 0.6 is 23.2 Å². The fraction of sp³-hybridized carbons (Fsp3) is 0.350. The number of carboxylic acid groups (broad SMARTS) is 1. The molecular formula is C20H19Cl2F3O4. The van der Waals surface area contributed by atoms with E-state index in [1.54, 1.807) is 20.8 Å². The molecule has 0 saturated carbocycles. The molecule has 29 heavy (non-hydrogen) atoms. The van der Waals surface area contributed by atoms with Crippen molar-refractivity contribution in [3.63, 3.8) is 0 Å². The number of alkyl halides is 3. The zero-order valence-corrected chi connectivity index (χ0v) is 17.3. The standard InChI is InChI=1S/C20H19Cl2F3O4/c1-4-19(11(2)3,18(26)27)29-17-10-13(6-7-14(17)21)28-16-8-5-12(9-15(16)22)20(23,24)25/h5-11H,4H2,1-3H3,(H,26,27). The summed E-state index contributed by atoms with van der Waals surface area (Å²) in [6.07, 6.45) is -4.34. The molecule has 2 aromatic carbocycles. The Kier molecular flexibility index (Phi) is 6.96. The highest BCUT2D eigenvalue weighted by molar-refractivity contribution is 6.32. The highest BCUT2D eigenvalue weighted by Crippen LogP contribution is 2.39. The Bertz CT molecular complexity index is 900. The second-order valence-electron chi connectivity index (χ2n) is 6.64. The molecule has 0 spiro atoms. The molecule has 0 amide bonds. The summed E-state index contributed by atoms with van der Waals surface area (Å²) in [7, 11) is 0. The minimum absolute atomic E-state index is 0.00297. The minimum Gasteiger partial charge on any atom is -0.478 e. The van der Waals surface area contributed by atoms with Crippen molar-refractivity contribution < 1.29 is 32.5 Å². The minimum atomic E-state index is -4.53. The van der Waals surface area contributed by atoms with Gasteiger partial charge in [0.15, 0.2) is 0 Å². The van der Waals surface area contributed by atoms with Crippen LogP contribution in [0, 0.1) is 5.92 Å². The molecule has 1 N–H and O–H groups in total. The number of benzene rings is 2. The molecule has 2 aromatic rings. The molecule has 0 fully saturated rings. The molecule has 0 heterocycles. The summed E-state index contributed by atoms with van der Waals surface area (Å²) in [4.78, 5) is 11.8. The molecule has 0 aliphatic rings. The number of hydrogen-bond acceptors (Lipinski definition) is 3. The quantitative estimate of drug-likeness (QED) is 0.489. The molecule has 0 aliphatic carbocycles. The van der Waals surface area contributed by atoms with Crippen molar-refractivity contribution in [2.24, 2.45) is 5.92 Å². The van der Waals surface area contributed by atoms with Crippen molar-refractivity contribution in [1.29, 1.82) is 0 Å². The van der Waals surface area contributed by atoms with Gasteiger partial charge in [-0.1, -0.05) is 44.0 Å². The zero-order valence-electron chi connectivity index (χ0n) is 15.8. The molecule has 4 nitrogen and oxygen atoms in total. The maximum atomic E-state index is 12.8. The number of carbonyl (C=O) groups is 1. The predicted octanol–water partition coefficient (Wildman–Crippen LogP) is 7.07. The highest BCUT2D eigenvalue weighted by Gasteiger charge is 2.43. The third-order valence-corrected chi connectivity index (χ3v) is 5.11. The number of rotatable bonds is 7. The van der Waals surface area contributed by atoms with Gasteiger partial charge in [0.05, 0.1) is 15.6 Å². The fourth-order valence-electron chi connectivity index (χ4n) is 2.75. The first-order valence-corrected chi connectivity index (χ1v) is 9.43. The molecule has 0 saturated heterocycles. The van der Waals surface area contributed by atoms with E-state index in [-0.39, 0.29) is 39.6 Å². The van der Waals surface area contributed by atoms with Crippen LogP contribution in [0.25, 0.3) is 0 Å². The largest absolute Gasteiger partial charge is 0.478 e. The second-order valence-corrected chi connectivity index (χ2v) is 7.46. The van der Waals surface area contributed by atoms with E-state index in [4.69, 9.17) is 32.7 Å². The number of carboxylic acids is 1. The van der Waals surface area contributed by atoms with Crippen LogP contribution in [0.15, 0.2) is 36.4 Å². The average molecular weight is 451 g/mol. The van der Waals surface area contributed by atoms with Gasteiger partial charge in [0, 0.05) is 12.0 Å². The average Bonchev–Trinajstić information content (AvgIpc) is 2.62. The topological polar surface area (TPSA) is 55.8 Å². The summed E-state index contributed by atoms with van der Waals surface area (Å²) in [6.45, 7) is 5.12. The molecule has 1 unspecified atom stereocenters. The van der Waals surface area contributed by atoms with Crippen LogP contribution in [0.4, 0.5) is 13.2 Å². The number of halogens is 5. The lowest BCUT2D eigenvalue weighted by molar-refractivity contribution is -0.160. The van der Waals surface area contributed by atoms with Gasteiger partial charge in [-0.2, -0.15) is 13.2 Å². The van der Waals surface area contributed by atoms with Crippen molar-refractivity contribution in [2.75, 3.05) is 0 Å². The Morgan fingerprint density at radius 3 is 2.21 bits per heavy atom. The SMILES string of the molecule is CCC(Oc1cc(Oc2ccc(C(F)(F)F)cc2Cl)ccc1Cl)(C(=O)O)C(C)C. The van der Waals surface area contributed by atoms with E-state index in [2.05, 4.69) is 0 Å². The van der Waals surface area contributed by atoms with E-state index < -0.39 is 23.3 Å². The molecule has 0 aliphatic heterocycles. The monoisotopic (exact) mass is 450 g/mol. The van der Waals surface area contributed by atoms with Crippen molar-refractivity contribution in [3.05, 3.63) is 52.0 Å². The summed E-state index contributed by atoms with van der Waals surface area (Å²) >= 11 is 12.1. The summed E-state index contributed by atoms with van der Waals surface area (Å²) in [5, 5.41) is 9.60. The van der Waals surface area contributed by atoms with Gasteiger partial charge in [0.25, 0.3) is 0 Å².